The Labute approximate surface area is 155 Å². The number of piperidine rings is 1. The molecule has 1 heterocycles. The third-order valence-corrected chi connectivity index (χ3v) is 7.17. The summed E-state index contributed by atoms with van der Waals surface area (Å²) in [7, 11) is -3.42. The average Bonchev–Trinajstić information content (AvgIpc) is 3.14. The molecule has 0 spiro atoms. The van der Waals surface area contributed by atoms with E-state index in [0.29, 0.717) is 24.9 Å². The van der Waals surface area contributed by atoms with Crippen LogP contribution in [0.2, 0.25) is 0 Å². The minimum Gasteiger partial charge on any atom is -0.337 e. The zero-order valence-electron chi connectivity index (χ0n) is 14.9. The molecular weight excluding hydrogens is 350 g/mol. The maximum atomic E-state index is 12.8. The SMILES string of the molecule is N#CCc1cccc(C(=O)N2CCC[C@@H](S(=O)(=O)NC3CCCC3)C2)c1. The minimum atomic E-state index is -3.42. The van der Waals surface area contributed by atoms with Crippen LogP contribution in [0, 0.1) is 11.3 Å². The van der Waals surface area contributed by atoms with Crippen LogP contribution in [-0.4, -0.2) is 43.6 Å². The summed E-state index contributed by atoms with van der Waals surface area (Å²) in [6, 6.07) is 9.15. The zero-order chi connectivity index (χ0) is 18.6. The van der Waals surface area contributed by atoms with Crippen molar-refractivity contribution in [2.24, 2.45) is 0 Å². The highest BCUT2D eigenvalue weighted by atomic mass is 32.2. The summed E-state index contributed by atoms with van der Waals surface area (Å²) in [5.74, 6) is -0.162. The van der Waals surface area contributed by atoms with E-state index in [4.69, 9.17) is 5.26 Å². The summed E-state index contributed by atoms with van der Waals surface area (Å²) in [6.45, 7) is 0.792. The Morgan fingerprint density at radius 1 is 1.23 bits per heavy atom. The predicted molar refractivity (Wildman–Crippen MR) is 99.0 cm³/mol. The van der Waals surface area contributed by atoms with Crippen molar-refractivity contribution < 1.29 is 13.2 Å². The van der Waals surface area contributed by atoms with Crippen molar-refractivity contribution in [2.45, 2.75) is 56.2 Å². The molecule has 1 saturated carbocycles. The number of sulfonamides is 1. The molecule has 26 heavy (non-hydrogen) atoms. The number of amides is 1. The summed E-state index contributed by atoms with van der Waals surface area (Å²) in [5.41, 5.74) is 1.31. The Balaban J connectivity index is 1.68. The Hall–Kier alpha value is -1.91. The Morgan fingerprint density at radius 3 is 2.73 bits per heavy atom. The summed E-state index contributed by atoms with van der Waals surface area (Å²) in [5, 5.41) is 8.27. The molecule has 1 amide bonds. The topological polar surface area (TPSA) is 90.3 Å². The van der Waals surface area contributed by atoms with E-state index in [1.54, 1.807) is 23.1 Å². The van der Waals surface area contributed by atoms with Gasteiger partial charge in [-0.25, -0.2) is 13.1 Å². The van der Waals surface area contributed by atoms with Gasteiger partial charge in [0.15, 0.2) is 0 Å². The van der Waals surface area contributed by atoms with E-state index >= 15 is 0 Å². The fourth-order valence-corrected chi connectivity index (χ4v) is 5.58. The second kappa shape index (κ2) is 8.19. The molecule has 6 nitrogen and oxygen atoms in total. The van der Waals surface area contributed by atoms with Gasteiger partial charge in [0.25, 0.3) is 5.91 Å². The van der Waals surface area contributed by atoms with Crippen molar-refractivity contribution in [1.82, 2.24) is 9.62 Å². The molecule has 2 aliphatic rings. The summed E-state index contributed by atoms with van der Waals surface area (Å²) < 4.78 is 28.2. The number of rotatable bonds is 5. The number of hydrogen-bond donors (Lipinski definition) is 1. The van der Waals surface area contributed by atoms with E-state index in [1.807, 2.05) is 6.07 Å². The molecule has 1 aliphatic carbocycles. The van der Waals surface area contributed by atoms with Crippen LogP contribution < -0.4 is 4.72 Å². The van der Waals surface area contributed by atoms with E-state index in [-0.39, 0.29) is 24.9 Å². The van der Waals surface area contributed by atoms with Crippen molar-refractivity contribution >= 4 is 15.9 Å². The van der Waals surface area contributed by atoms with Gasteiger partial charge in [0, 0.05) is 24.7 Å². The molecule has 0 radical (unpaired) electrons. The normalized spacial score (nSPS) is 21.5. The second-order valence-electron chi connectivity index (χ2n) is 7.19. The van der Waals surface area contributed by atoms with Gasteiger partial charge in [-0.3, -0.25) is 4.79 Å². The quantitative estimate of drug-likeness (QED) is 0.854. The Bertz CT molecular complexity index is 794. The van der Waals surface area contributed by atoms with Gasteiger partial charge in [0.2, 0.25) is 10.0 Å². The first-order chi connectivity index (χ1) is 12.5. The lowest BCUT2D eigenvalue weighted by molar-refractivity contribution is 0.0726. The molecule has 1 saturated heterocycles. The maximum Gasteiger partial charge on any atom is 0.253 e. The molecule has 1 aromatic carbocycles. The van der Waals surface area contributed by atoms with Crippen molar-refractivity contribution in [3.63, 3.8) is 0 Å². The van der Waals surface area contributed by atoms with Gasteiger partial charge < -0.3 is 4.90 Å². The van der Waals surface area contributed by atoms with Gasteiger partial charge in [-0.05, 0) is 43.4 Å². The lowest BCUT2D eigenvalue weighted by atomic mass is 10.1. The Morgan fingerprint density at radius 2 is 2.00 bits per heavy atom. The highest BCUT2D eigenvalue weighted by Gasteiger charge is 2.34. The number of nitriles is 1. The van der Waals surface area contributed by atoms with E-state index in [9.17, 15) is 13.2 Å². The third-order valence-electron chi connectivity index (χ3n) is 5.25. The highest BCUT2D eigenvalue weighted by Crippen LogP contribution is 2.23. The van der Waals surface area contributed by atoms with Crippen molar-refractivity contribution in [3.05, 3.63) is 35.4 Å². The molecule has 0 bridgehead atoms. The fourth-order valence-electron chi connectivity index (χ4n) is 3.84. The van der Waals surface area contributed by atoms with Crippen molar-refractivity contribution in [2.75, 3.05) is 13.1 Å². The number of hydrogen-bond acceptors (Lipinski definition) is 4. The van der Waals surface area contributed by atoms with E-state index in [1.165, 1.54) is 0 Å². The van der Waals surface area contributed by atoms with Crippen LogP contribution in [0.3, 0.4) is 0 Å². The fraction of sp³-hybridized carbons (Fsp3) is 0.579. The summed E-state index contributed by atoms with van der Waals surface area (Å²) >= 11 is 0. The number of benzene rings is 1. The first-order valence-electron chi connectivity index (χ1n) is 9.26. The summed E-state index contributed by atoms with van der Waals surface area (Å²) in [4.78, 5) is 14.4. The van der Waals surface area contributed by atoms with Crippen LogP contribution in [0.5, 0.6) is 0 Å². The molecule has 0 unspecified atom stereocenters. The van der Waals surface area contributed by atoms with Crippen LogP contribution in [-0.2, 0) is 16.4 Å². The first kappa shape index (κ1) is 18.9. The van der Waals surface area contributed by atoms with E-state index in [2.05, 4.69) is 10.8 Å². The lowest BCUT2D eigenvalue weighted by Gasteiger charge is -2.33. The molecule has 1 atom stereocenters. The number of nitrogens with one attached hydrogen (secondary N) is 1. The maximum absolute atomic E-state index is 12.8. The number of nitrogens with zero attached hydrogens (tertiary/aromatic N) is 2. The minimum absolute atomic E-state index is 0.0498. The van der Waals surface area contributed by atoms with Crippen LogP contribution in [0.4, 0.5) is 0 Å². The van der Waals surface area contributed by atoms with Gasteiger partial charge in [0.1, 0.15) is 0 Å². The molecule has 1 N–H and O–H groups in total. The average molecular weight is 375 g/mol. The highest BCUT2D eigenvalue weighted by molar-refractivity contribution is 7.90. The predicted octanol–water partition coefficient (Wildman–Crippen LogP) is 2.22. The van der Waals surface area contributed by atoms with Gasteiger partial charge in [-0.2, -0.15) is 5.26 Å². The molecule has 2 fully saturated rings. The molecule has 1 aliphatic heterocycles. The van der Waals surface area contributed by atoms with E-state index < -0.39 is 15.3 Å². The van der Waals surface area contributed by atoms with Gasteiger partial charge in [-0.15, -0.1) is 0 Å². The van der Waals surface area contributed by atoms with Crippen molar-refractivity contribution in [1.29, 1.82) is 5.26 Å². The number of carbonyl (C=O) groups excluding carboxylic acids is 1. The third kappa shape index (κ3) is 4.43. The van der Waals surface area contributed by atoms with E-state index in [0.717, 1.165) is 31.2 Å². The number of likely N-dealkylation sites (tertiary alicyclic amines) is 1. The molecule has 3 rings (SSSR count). The molecule has 0 aromatic heterocycles. The second-order valence-corrected chi connectivity index (χ2v) is 9.19. The number of carbonyl (C=O) groups is 1. The van der Waals surface area contributed by atoms with Gasteiger partial charge in [0.05, 0.1) is 17.7 Å². The molecule has 1 aromatic rings. The summed E-state index contributed by atoms with van der Waals surface area (Å²) in [6.07, 6.45) is 5.47. The monoisotopic (exact) mass is 375 g/mol. The van der Waals surface area contributed by atoms with Gasteiger partial charge >= 0.3 is 0 Å². The first-order valence-corrected chi connectivity index (χ1v) is 10.8. The molecule has 140 valence electrons. The largest absolute Gasteiger partial charge is 0.337 e. The van der Waals surface area contributed by atoms with Crippen LogP contribution in [0.25, 0.3) is 0 Å². The Kier molecular flexibility index (Phi) is 5.94. The van der Waals surface area contributed by atoms with Gasteiger partial charge in [-0.1, -0.05) is 25.0 Å². The van der Waals surface area contributed by atoms with Crippen molar-refractivity contribution in [3.8, 4) is 6.07 Å². The van der Waals surface area contributed by atoms with Crippen LogP contribution in [0.15, 0.2) is 24.3 Å². The molecule has 7 heteroatoms. The zero-order valence-corrected chi connectivity index (χ0v) is 15.7. The standard InChI is InChI=1S/C19H25N3O3S/c20-11-10-15-5-3-6-16(13-15)19(23)22-12-4-9-18(14-22)26(24,25)21-17-7-1-2-8-17/h3,5-6,13,17-18,21H,1-2,4,7-10,12,14H2/t18-/m1/s1. The molecular formula is C19H25N3O3S. The van der Waals surface area contributed by atoms with Crippen LogP contribution in [0.1, 0.15) is 54.4 Å². The smallest absolute Gasteiger partial charge is 0.253 e. The lowest BCUT2D eigenvalue weighted by Crippen LogP contribution is -2.49. The van der Waals surface area contributed by atoms with Crippen LogP contribution >= 0.6 is 0 Å².